The predicted molar refractivity (Wildman–Crippen MR) is 68.2 cm³/mol. The van der Waals surface area contributed by atoms with Crippen LogP contribution in [0.25, 0.3) is 0 Å². The van der Waals surface area contributed by atoms with Crippen LogP contribution in [0.5, 0.6) is 0 Å². The van der Waals surface area contributed by atoms with Gasteiger partial charge in [-0.1, -0.05) is 29.8 Å². The fourth-order valence-corrected chi connectivity index (χ4v) is 2.21. The molecule has 1 aliphatic rings. The van der Waals surface area contributed by atoms with Gasteiger partial charge < -0.3 is 4.74 Å². The average molecular weight is 269 g/mol. The number of hydrogen-bond acceptors (Lipinski definition) is 2. The summed E-state index contributed by atoms with van der Waals surface area (Å²) < 4.78 is 18.6. The molecule has 1 aromatic rings. The zero-order valence-electron chi connectivity index (χ0n) is 9.86. The van der Waals surface area contributed by atoms with Gasteiger partial charge in [0.2, 0.25) is 0 Å². The summed E-state index contributed by atoms with van der Waals surface area (Å²) in [6.45, 7) is 0.313. The fourth-order valence-electron chi connectivity index (χ4n) is 1.97. The van der Waals surface area contributed by atoms with Gasteiger partial charge in [-0.3, -0.25) is 0 Å². The average Bonchev–Trinajstić information content (AvgIpc) is 2.37. The van der Waals surface area contributed by atoms with Gasteiger partial charge in [0.25, 0.3) is 0 Å². The van der Waals surface area contributed by atoms with E-state index in [1.807, 2.05) is 0 Å². The summed E-state index contributed by atoms with van der Waals surface area (Å²) in [5.74, 6) is -1.01. The third kappa shape index (κ3) is 3.10. The highest BCUT2D eigenvalue weighted by Gasteiger charge is 2.19. The highest BCUT2D eigenvalue weighted by Crippen LogP contribution is 2.22. The molecule has 0 N–H and O–H groups in total. The SMILES string of the molecule is O=C(OCC1CC=CCC1)c1c(F)cccc1Cl. The first kappa shape index (κ1) is 13.1. The zero-order valence-corrected chi connectivity index (χ0v) is 10.6. The number of carbonyl (C=O) groups is 1. The number of allylic oxidation sites excluding steroid dienone is 2. The van der Waals surface area contributed by atoms with Gasteiger partial charge in [0, 0.05) is 0 Å². The molecular formula is C14H14ClFO2. The van der Waals surface area contributed by atoms with Crippen molar-refractivity contribution in [3.8, 4) is 0 Å². The predicted octanol–water partition coefficient (Wildman–Crippen LogP) is 3.99. The van der Waals surface area contributed by atoms with E-state index in [0.717, 1.165) is 19.3 Å². The van der Waals surface area contributed by atoms with Crippen molar-refractivity contribution in [2.45, 2.75) is 19.3 Å². The van der Waals surface area contributed by atoms with Gasteiger partial charge >= 0.3 is 5.97 Å². The van der Waals surface area contributed by atoms with Crippen LogP contribution in [-0.2, 0) is 4.74 Å². The number of halogens is 2. The van der Waals surface area contributed by atoms with Crippen molar-refractivity contribution in [3.05, 3.63) is 46.8 Å². The van der Waals surface area contributed by atoms with Crippen LogP contribution >= 0.6 is 11.6 Å². The maximum absolute atomic E-state index is 13.5. The molecule has 1 atom stereocenters. The summed E-state index contributed by atoms with van der Waals surface area (Å²) in [4.78, 5) is 11.8. The Morgan fingerprint density at radius 2 is 2.28 bits per heavy atom. The maximum Gasteiger partial charge on any atom is 0.342 e. The van der Waals surface area contributed by atoms with E-state index in [1.165, 1.54) is 18.2 Å². The van der Waals surface area contributed by atoms with Gasteiger partial charge in [0.05, 0.1) is 11.6 Å². The number of benzene rings is 1. The van der Waals surface area contributed by atoms with Crippen LogP contribution in [0.1, 0.15) is 29.6 Å². The zero-order chi connectivity index (χ0) is 13.0. The van der Waals surface area contributed by atoms with Crippen molar-refractivity contribution in [1.82, 2.24) is 0 Å². The van der Waals surface area contributed by atoms with E-state index in [9.17, 15) is 9.18 Å². The molecule has 0 aromatic heterocycles. The minimum Gasteiger partial charge on any atom is -0.462 e. The van der Waals surface area contributed by atoms with Crippen LogP contribution in [0, 0.1) is 11.7 Å². The van der Waals surface area contributed by atoms with Crippen molar-refractivity contribution in [2.24, 2.45) is 5.92 Å². The van der Waals surface area contributed by atoms with Gasteiger partial charge in [-0.2, -0.15) is 0 Å². The van der Waals surface area contributed by atoms with E-state index in [4.69, 9.17) is 16.3 Å². The van der Waals surface area contributed by atoms with Crippen LogP contribution < -0.4 is 0 Å². The molecule has 0 aliphatic heterocycles. The largest absolute Gasteiger partial charge is 0.462 e. The molecule has 2 rings (SSSR count). The minimum absolute atomic E-state index is 0.0866. The number of esters is 1. The molecule has 0 heterocycles. The minimum atomic E-state index is -0.687. The lowest BCUT2D eigenvalue weighted by molar-refractivity contribution is 0.0427. The number of carbonyl (C=O) groups excluding carboxylic acids is 1. The second-order valence-electron chi connectivity index (χ2n) is 4.35. The Morgan fingerprint density at radius 1 is 1.44 bits per heavy atom. The summed E-state index contributed by atoms with van der Waals surface area (Å²) in [6, 6.07) is 4.14. The molecule has 4 heteroatoms. The van der Waals surface area contributed by atoms with Crippen molar-refractivity contribution in [1.29, 1.82) is 0 Å². The molecule has 0 radical (unpaired) electrons. The summed E-state index contributed by atoms with van der Waals surface area (Å²) in [5, 5.41) is 0.0866. The first-order chi connectivity index (χ1) is 8.68. The first-order valence-electron chi connectivity index (χ1n) is 5.94. The normalized spacial score (nSPS) is 18.7. The third-order valence-corrected chi connectivity index (χ3v) is 3.31. The molecule has 18 heavy (non-hydrogen) atoms. The van der Waals surface area contributed by atoms with E-state index < -0.39 is 11.8 Å². The van der Waals surface area contributed by atoms with E-state index in [1.54, 1.807) is 0 Å². The van der Waals surface area contributed by atoms with E-state index >= 15 is 0 Å². The number of rotatable bonds is 3. The van der Waals surface area contributed by atoms with Crippen molar-refractivity contribution < 1.29 is 13.9 Å². The van der Waals surface area contributed by atoms with Crippen LogP contribution in [0.15, 0.2) is 30.4 Å². The second kappa shape index (κ2) is 6.01. The quantitative estimate of drug-likeness (QED) is 0.612. The van der Waals surface area contributed by atoms with Crippen LogP contribution in [-0.4, -0.2) is 12.6 Å². The Bertz CT molecular complexity index is 451. The molecule has 1 aliphatic carbocycles. The summed E-state index contributed by atoms with van der Waals surface area (Å²) in [5.41, 5.74) is -0.175. The monoisotopic (exact) mass is 268 g/mol. The lowest BCUT2D eigenvalue weighted by Gasteiger charge is -2.17. The molecule has 1 aromatic carbocycles. The van der Waals surface area contributed by atoms with Gasteiger partial charge in [0.15, 0.2) is 0 Å². The van der Waals surface area contributed by atoms with Crippen LogP contribution in [0.3, 0.4) is 0 Å². The fraction of sp³-hybridized carbons (Fsp3) is 0.357. The van der Waals surface area contributed by atoms with Gasteiger partial charge in [-0.05, 0) is 37.3 Å². The Labute approximate surface area is 110 Å². The molecule has 96 valence electrons. The topological polar surface area (TPSA) is 26.3 Å². The summed E-state index contributed by atoms with van der Waals surface area (Å²) >= 11 is 5.79. The molecule has 1 unspecified atom stereocenters. The van der Waals surface area contributed by atoms with E-state index in [0.29, 0.717) is 12.5 Å². The Kier molecular flexibility index (Phi) is 4.37. The number of hydrogen-bond donors (Lipinski definition) is 0. The molecule has 0 amide bonds. The van der Waals surface area contributed by atoms with Gasteiger partial charge in [-0.25, -0.2) is 9.18 Å². The van der Waals surface area contributed by atoms with Crippen LogP contribution in [0.2, 0.25) is 5.02 Å². The second-order valence-corrected chi connectivity index (χ2v) is 4.75. The lowest BCUT2D eigenvalue weighted by atomic mass is 9.95. The molecule has 0 saturated heterocycles. The first-order valence-corrected chi connectivity index (χ1v) is 6.32. The van der Waals surface area contributed by atoms with Crippen molar-refractivity contribution in [2.75, 3.05) is 6.61 Å². The van der Waals surface area contributed by atoms with Gasteiger partial charge in [-0.15, -0.1) is 0 Å². The Morgan fingerprint density at radius 3 is 2.94 bits per heavy atom. The molecule has 0 spiro atoms. The molecule has 2 nitrogen and oxygen atoms in total. The van der Waals surface area contributed by atoms with Crippen molar-refractivity contribution >= 4 is 17.6 Å². The Balaban J connectivity index is 1.97. The van der Waals surface area contributed by atoms with Crippen molar-refractivity contribution in [3.63, 3.8) is 0 Å². The molecule has 0 bridgehead atoms. The standard InChI is InChI=1S/C14H14ClFO2/c15-11-7-4-8-12(16)13(11)14(17)18-9-10-5-2-1-3-6-10/h1-2,4,7-8,10H,3,5-6,9H2. The smallest absolute Gasteiger partial charge is 0.342 e. The van der Waals surface area contributed by atoms with Crippen LogP contribution in [0.4, 0.5) is 4.39 Å². The maximum atomic E-state index is 13.5. The third-order valence-electron chi connectivity index (χ3n) is 2.99. The van der Waals surface area contributed by atoms with E-state index in [-0.39, 0.29) is 10.6 Å². The highest BCUT2D eigenvalue weighted by molar-refractivity contribution is 6.33. The summed E-state index contributed by atoms with van der Waals surface area (Å²) in [6.07, 6.45) is 7.10. The molecule has 0 fully saturated rings. The van der Waals surface area contributed by atoms with E-state index in [2.05, 4.69) is 12.2 Å². The summed E-state index contributed by atoms with van der Waals surface area (Å²) in [7, 11) is 0. The number of ether oxygens (including phenoxy) is 1. The molecule has 0 saturated carbocycles. The Hall–Kier alpha value is -1.35. The van der Waals surface area contributed by atoms with Gasteiger partial charge in [0.1, 0.15) is 11.4 Å². The highest BCUT2D eigenvalue weighted by atomic mass is 35.5. The lowest BCUT2D eigenvalue weighted by Crippen LogP contribution is -2.16. The molecular weight excluding hydrogens is 255 g/mol.